The Morgan fingerprint density at radius 2 is 1.02 bits per heavy atom. The third-order valence-corrected chi connectivity index (χ3v) is 9.83. The Balaban J connectivity index is 1.47. The zero-order valence-corrected chi connectivity index (χ0v) is 24.4. The smallest absolute Gasteiger partial charge is 0.0159 e. The first-order valence-corrected chi connectivity index (χ1v) is 15.2. The highest BCUT2D eigenvalue weighted by atomic mass is 14.4. The minimum Gasteiger partial charge on any atom is -0.0622 e. The second-order valence-electron chi connectivity index (χ2n) is 12.5. The van der Waals surface area contributed by atoms with Crippen molar-refractivity contribution in [2.45, 2.75) is 19.3 Å². The molecule has 0 fully saturated rings. The van der Waals surface area contributed by atoms with Crippen LogP contribution in [0.15, 0.2) is 146 Å². The van der Waals surface area contributed by atoms with E-state index in [1.807, 2.05) is 0 Å². The van der Waals surface area contributed by atoms with Crippen molar-refractivity contribution in [3.05, 3.63) is 157 Å². The first-order valence-electron chi connectivity index (χ1n) is 15.2. The quantitative estimate of drug-likeness (QED) is 0.149. The van der Waals surface area contributed by atoms with Crippen LogP contribution >= 0.6 is 0 Å². The van der Waals surface area contributed by atoms with Gasteiger partial charge in [0.05, 0.1) is 0 Å². The molecule has 9 rings (SSSR count). The van der Waals surface area contributed by atoms with E-state index in [-0.39, 0.29) is 5.41 Å². The van der Waals surface area contributed by atoms with Crippen molar-refractivity contribution in [1.29, 1.82) is 0 Å². The fraction of sp³-hybridized carbons (Fsp3) is 0.0698. The van der Waals surface area contributed by atoms with Crippen LogP contribution in [-0.4, -0.2) is 0 Å². The normalized spacial score (nSPS) is 13.5. The van der Waals surface area contributed by atoms with E-state index < -0.39 is 0 Å². The second kappa shape index (κ2) is 8.90. The zero-order valence-electron chi connectivity index (χ0n) is 24.4. The van der Waals surface area contributed by atoms with Gasteiger partial charge >= 0.3 is 0 Å². The molecule has 0 aliphatic heterocycles. The largest absolute Gasteiger partial charge is 0.0622 e. The molecule has 0 heteroatoms. The van der Waals surface area contributed by atoms with Gasteiger partial charge in [-0.05, 0) is 99.7 Å². The zero-order chi connectivity index (χ0) is 28.7. The summed E-state index contributed by atoms with van der Waals surface area (Å²) in [5.74, 6) is 0. The molecule has 0 radical (unpaired) electrons. The fourth-order valence-electron chi connectivity index (χ4n) is 7.85. The fourth-order valence-corrected chi connectivity index (χ4v) is 7.85. The van der Waals surface area contributed by atoms with Crippen LogP contribution in [0.3, 0.4) is 0 Å². The predicted octanol–water partition coefficient (Wildman–Crippen LogP) is 11.9. The molecular weight excluding hydrogens is 516 g/mol. The van der Waals surface area contributed by atoms with Crippen molar-refractivity contribution >= 4 is 43.1 Å². The molecule has 0 saturated carbocycles. The molecule has 0 bridgehead atoms. The summed E-state index contributed by atoms with van der Waals surface area (Å²) in [7, 11) is 0. The summed E-state index contributed by atoms with van der Waals surface area (Å²) in [6, 6.07) is 54.2. The number of hydrogen-bond donors (Lipinski definition) is 0. The van der Waals surface area contributed by atoms with E-state index in [9.17, 15) is 0 Å². The van der Waals surface area contributed by atoms with E-state index in [1.165, 1.54) is 87.6 Å². The molecule has 43 heavy (non-hydrogen) atoms. The van der Waals surface area contributed by atoms with Crippen LogP contribution in [0.2, 0.25) is 0 Å². The van der Waals surface area contributed by atoms with Gasteiger partial charge in [0.2, 0.25) is 0 Å². The topological polar surface area (TPSA) is 0 Å². The first-order chi connectivity index (χ1) is 21.1. The molecule has 1 aliphatic rings. The molecule has 0 aromatic heterocycles. The van der Waals surface area contributed by atoms with Crippen LogP contribution in [-0.2, 0) is 5.41 Å². The van der Waals surface area contributed by atoms with Gasteiger partial charge in [-0.15, -0.1) is 0 Å². The third kappa shape index (κ3) is 3.38. The van der Waals surface area contributed by atoms with Crippen molar-refractivity contribution in [3.63, 3.8) is 0 Å². The Labute approximate surface area is 251 Å². The van der Waals surface area contributed by atoms with E-state index in [0.717, 1.165) is 0 Å². The number of benzene rings is 8. The first kappa shape index (κ1) is 24.4. The van der Waals surface area contributed by atoms with Crippen LogP contribution in [0, 0.1) is 0 Å². The number of hydrogen-bond acceptors (Lipinski definition) is 0. The van der Waals surface area contributed by atoms with E-state index in [4.69, 9.17) is 0 Å². The van der Waals surface area contributed by atoms with Crippen molar-refractivity contribution < 1.29 is 0 Å². The summed E-state index contributed by atoms with van der Waals surface area (Å²) in [6.07, 6.45) is 0. The van der Waals surface area contributed by atoms with Crippen molar-refractivity contribution in [2.24, 2.45) is 0 Å². The van der Waals surface area contributed by atoms with Crippen LogP contribution < -0.4 is 0 Å². The second-order valence-corrected chi connectivity index (χ2v) is 12.5. The van der Waals surface area contributed by atoms with E-state index in [1.54, 1.807) is 0 Å². The maximum Gasteiger partial charge on any atom is 0.0159 e. The molecule has 0 N–H and O–H groups in total. The van der Waals surface area contributed by atoms with Gasteiger partial charge in [-0.2, -0.15) is 0 Å². The monoisotopic (exact) mass is 546 g/mol. The van der Waals surface area contributed by atoms with Crippen molar-refractivity contribution in [3.8, 4) is 33.4 Å². The average molecular weight is 547 g/mol. The maximum atomic E-state index is 2.42. The van der Waals surface area contributed by atoms with Gasteiger partial charge in [-0.3, -0.25) is 0 Å². The van der Waals surface area contributed by atoms with Gasteiger partial charge in [0.1, 0.15) is 0 Å². The molecule has 202 valence electrons. The molecule has 1 aliphatic carbocycles. The molecular formula is C43H30. The molecule has 0 saturated heterocycles. The third-order valence-electron chi connectivity index (χ3n) is 9.83. The summed E-state index contributed by atoms with van der Waals surface area (Å²) in [5.41, 5.74) is 10.6. The Morgan fingerprint density at radius 3 is 1.86 bits per heavy atom. The summed E-state index contributed by atoms with van der Waals surface area (Å²) >= 11 is 0. The minimum atomic E-state index is -0.0795. The Bertz CT molecular complexity index is 2410. The van der Waals surface area contributed by atoms with Crippen molar-refractivity contribution in [2.75, 3.05) is 0 Å². The summed E-state index contributed by atoms with van der Waals surface area (Å²) in [4.78, 5) is 0. The summed E-state index contributed by atoms with van der Waals surface area (Å²) in [6.45, 7) is 4.75. The highest BCUT2D eigenvalue weighted by Gasteiger charge is 2.33. The highest BCUT2D eigenvalue weighted by molar-refractivity contribution is 6.26. The highest BCUT2D eigenvalue weighted by Crippen LogP contribution is 2.51. The van der Waals surface area contributed by atoms with Crippen molar-refractivity contribution in [1.82, 2.24) is 0 Å². The lowest BCUT2D eigenvalue weighted by Crippen LogP contribution is -2.23. The van der Waals surface area contributed by atoms with E-state index in [2.05, 4.69) is 159 Å². The van der Waals surface area contributed by atoms with Crippen LogP contribution in [0.5, 0.6) is 0 Å². The predicted molar refractivity (Wildman–Crippen MR) is 185 cm³/mol. The van der Waals surface area contributed by atoms with E-state index >= 15 is 0 Å². The van der Waals surface area contributed by atoms with Gasteiger partial charge in [0.15, 0.2) is 0 Å². The van der Waals surface area contributed by atoms with Gasteiger partial charge in [0.25, 0.3) is 0 Å². The van der Waals surface area contributed by atoms with E-state index in [0.29, 0.717) is 0 Å². The maximum absolute atomic E-state index is 2.42. The summed E-state index contributed by atoms with van der Waals surface area (Å²) in [5, 5.41) is 10.4. The van der Waals surface area contributed by atoms with Gasteiger partial charge in [-0.1, -0.05) is 147 Å². The number of fused-ring (bicyclic) bond motifs is 6. The lowest BCUT2D eigenvalue weighted by molar-refractivity contribution is 0.645. The Hall–Kier alpha value is -5.20. The summed E-state index contributed by atoms with van der Waals surface area (Å²) < 4.78 is 0. The molecule has 0 spiro atoms. The molecule has 0 amide bonds. The lowest BCUT2D eigenvalue weighted by atomic mass is 9.68. The SMILES string of the molecule is CC1(C)c2ccccc2-c2cccc3c(-c4cc5ccccc5c5c(-c6ccccc6)c6ccccc6cc45)ccc1c23. The molecule has 0 nitrogen and oxygen atoms in total. The molecule has 0 heterocycles. The van der Waals surface area contributed by atoms with Gasteiger partial charge in [-0.25, -0.2) is 0 Å². The number of rotatable bonds is 2. The molecule has 0 unspecified atom stereocenters. The standard InChI is InChI=1S/C43H30/c1-43(2)38-22-11-10-19-33(38)35-21-12-20-34-32(23-24-39(43)41(34)35)36-25-28-15-7-9-18-31(28)42-37(36)26-29-16-6-8-17-30(29)40(42)27-13-4-3-5-14-27/h3-26H,1-2H3. The van der Waals surface area contributed by atoms with Gasteiger partial charge in [0, 0.05) is 5.41 Å². The van der Waals surface area contributed by atoms with Gasteiger partial charge < -0.3 is 0 Å². The van der Waals surface area contributed by atoms with Crippen LogP contribution in [0.1, 0.15) is 25.0 Å². The molecule has 8 aromatic rings. The average Bonchev–Trinajstić information content (AvgIpc) is 3.06. The van der Waals surface area contributed by atoms with Crippen LogP contribution in [0.25, 0.3) is 76.5 Å². The molecule has 0 atom stereocenters. The van der Waals surface area contributed by atoms with Crippen LogP contribution in [0.4, 0.5) is 0 Å². The Morgan fingerprint density at radius 1 is 0.372 bits per heavy atom. The Kier molecular flexibility index (Phi) is 5.05. The lowest BCUT2D eigenvalue weighted by Gasteiger charge is -2.35. The minimum absolute atomic E-state index is 0.0795. The molecule has 8 aromatic carbocycles.